The third-order valence-electron chi connectivity index (χ3n) is 7.07. The highest BCUT2D eigenvalue weighted by molar-refractivity contribution is 8.00. The van der Waals surface area contributed by atoms with Crippen molar-refractivity contribution in [3.63, 3.8) is 0 Å². The van der Waals surface area contributed by atoms with Gasteiger partial charge in [0, 0.05) is 27.1 Å². The molecular weight excluding hydrogens is 646 g/mol. The molecule has 15 heteroatoms. The summed E-state index contributed by atoms with van der Waals surface area (Å²) in [4.78, 5) is 55.8. The molecule has 6 rings (SSSR count). The van der Waals surface area contributed by atoms with Crippen LogP contribution in [0.4, 0.5) is 28.9 Å². The molecule has 1 saturated heterocycles. The Balaban J connectivity index is 1.38. The summed E-state index contributed by atoms with van der Waals surface area (Å²) in [6.07, 6.45) is -4.84. The van der Waals surface area contributed by atoms with Crippen LogP contribution in [0.5, 0.6) is 5.75 Å². The van der Waals surface area contributed by atoms with Crippen LogP contribution >= 0.6 is 34.7 Å². The molecule has 3 heterocycles. The minimum Gasteiger partial charge on any atom is -0.483 e. The molecule has 8 nitrogen and oxygen atoms in total. The van der Waals surface area contributed by atoms with Gasteiger partial charge in [-0.25, -0.2) is 9.29 Å². The van der Waals surface area contributed by atoms with Gasteiger partial charge in [0.1, 0.15) is 16.8 Å². The molecule has 1 aromatic heterocycles. The van der Waals surface area contributed by atoms with Crippen molar-refractivity contribution in [2.75, 3.05) is 16.8 Å². The molecule has 0 aliphatic carbocycles. The number of alkyl halides is 3. The van der Waals surface area contributed by atoms with Gasteiger partial charge in [-0.1, -0.05) is 46.8 Å². The summed E-state index contributed by atoms with van der Waals surface area (Å²) < 4.78 is 60.8. The number of amides is 3. The van der Waals surface area contributed by atoms with E-state index >= 15 is 0 Å². The maximum absolute atomic E-state index is 14.0. The number of para-hydroxylation sites is 1. The standard InChI is InChI=1S/C29H18ClF4N3O5S2/c30-13-5-10-19(42-12-20(38)35-15-8-6-14(31)7-9-15)16(11-13)21-22-24(43-25-23(21)44-28(41)36-25)27(40)37(26(22)39)18-4-2-1-3-17(18)29(32,33)34/h1-11,21-22,24H,12H2,(H,35,38)(H,36,41)/t21-,22?,24?/m1/s1. The number of fused-ring (bicyclic) bond motifs is 2. The zero-order valence-electron chi connectivity index (χ0n) is 22.0. The van der Waals surface area contributed by atoms with Crippen LogP contribution in [0.3, 0.4) is 0 Å². The predicted molar refractivity (Wildman–Crippen MR) is 156 cm³/mol. The lowest BCUT2D eigenvalue weighted by molar-refractivity contribution is -0.137. The van der Waals surface area contributed by atoms with Gasteiger partial charge in [-0.15, -0.1) is 0 Å². The maximum atomic E-state index is 14.0. The van der Waals surface area contributed by atoms with Crippen LogP contribution < -0.4 is 19.8 Å². The van der Waals surface area contributed by atoms with Crippen LogP contribution in [0, 0.1) is 11.7 Å². The summed E-state index contributed by atoms with van der Waals surface area (Å²) >= 11 is 8.02. The molecule has 2 aliphatic rings. The Bertz CT molecular complexity index is 1860. The van der Waals surface area contributed by atoms with Gasteiger partial charge in [0.05, 0.1) is 22.2 Å². The van der Waals surface area contributed by atoms with Crippen molar-refractivity contribution in [3.05, 3.63) is 103 Å². The predicted octanol–water partition coefficient (Wildman–Crippen LogP) is 6.06. The van der Waals surface area contributed by atoms with Crippen molar-refractivity contribution in [3.8, 4) is 5.75 Å². The first-order valence-corrected chi connectivity index (χ1v) is 14.9. The fraction of sp³-hybridized carbons (Fsp3) is 0.172. The van der Waals surface area contributed by atoms with Crippen LogP contribution in [-0.4, -0.2) is 34.6 Å². The number of thioether (sulfide) groups is 1. The van der Waals surface area contributed by atoms with Gasteiger partial charge in [0.2, 0.25) is 11.8 Å². The molecule has 4 aromatic rings. The smallest absolute Gasteiger partial charge is 0.418 e. The van der Waals surface area contributed by atoms with Crippen molar-refractivity contribution < 1.29 is 36.7 Å². The van der Waals surface area contributed by atoms with E-state index in [1.54, 1.807) is 0 Å². The lowest BCUT2D eigenvalue weighted by Crippen LogP contribution is -2.33. The van der Waals surface area contributed by atoms with Crippen molar-refractivity contribution in [1.29, 1.82) is 0 Å². The van der Waals surface area contributed by atoms with Crippen molar-refractivity contribution >= 4 is 63.8 Å². The van der Waals surface area contributed by atoms with Crippen molar-refractivity contribution in [1.82, 2.24) is 4.98 Å². The number of aromatic amines is 1. The number of carbonyl (C=O) groups excluding carboxylic acids is 3. The number of thiazole rings is 1. The average molecular weight is 664 g/mol. The monoisotopic (exact) mass is 663 g/mol. The van der Waals surface area contributed by atoms with E-state index in [1.165, 1.54) is 48.5 Å². The first kappa shape index (κ1) is 29.9. The third kappa shape index (κ3) is 5.48. The van der Waals surface area contributed by atoms with E-state index in [2.05, 4.69) is 10.3 Å². The van der Waals surface area contributed by atoms with E-state index in [0.29, 0.717) is 20.5 Å². The number of aromatic nitrogens is 1. The van der Waals surface area contributed by atoms with Gasteiger partial charge in [-0.3, -0.25) is 19.2 Å². The number of ether oxygens (including phenoxy) is 1. The minimum atomic E-state index is -4.84. The maximum Gasteiger partial charge on any atom is 0.418 e. The third-order valence-corrected chi connectivity index (χ3v) is 9.70. The molecule has 0 bridgehead atoms. The van der Waals surface area contributed by atoms with Crippen molar-refractivity contribution in [2.24, 2.45) is 5.92 Å². The van der Waals surface area contributed by atoms with Gasteiger partial charge >= 0.3 is 11.0 Å². The summed E-state index contributed by atoms with van der Waals surface area (Å²) in [5, 5.41) is 1.87. The van der Waals surface area contributed by atoms with E-state index in [9.17, 15) is 36.7 Å². The highest BCUT2D eigenvalue weighted by atomic mass is 35.5. The van der Waals surface area contributed by atoms with Gasteiger partial charge < -0.3 is 15.0 Å². The number of hydrogen-bond acceptors (Lipinski definition) is 7. The number of halogens is 5. The van der Waals surface area contributed by atoms with E-state index in [4.69, 9.17) is 16.3 Å². The molecule has 3 amide bonds. The molecule has 44 heavy (non-hydrogen) atoms. The first-order valence-electron chi connectivity index (χ1n) is 12.8. The summed E-state index contributed by atoms with van der Waals surface area (Å²) in [7, 11) is 0. The Labute approximate surface area is 259 Å². The fourth-order valence-corrected chi connectivity index (χ4v) is 7.95. The number of anilines is 2. The van der Waals surface area contributed by atoms with Crippen LogP contribution in [0.15, 0.2) is 76.6 Å². The molecule has 3 aromatic carbocycles. The number of carbonyl (C=O) groups is 3. The zero-order chi connectivity index (χ0) is 31.3. The molecule has 2 aliphatic heterocycles. The number of hydrogen-bond donors (Lipinski definition) is 2. The van der Waals surface area contributed by atoms with E-state index < -0.39 is 69.5 Å². The molecule has 0 radical (unpaired) electrons. The lowest BCUT2D eigenvalue weighted by atomic mass is 9.82. The van der Waals surface area contributed by atoms with Gasteiger partial charge in [-0.2, -0.15) is 13.2 Å². The Morgan fingerprint density at radius 2 is 1.75 bits per heavy atom. The summed E-state index contributed by atoms with van der Waals surface area (Å²) in [5.41, 5.74) is -1.17. The molecule has 3 atom stereocenters. The molecular formula is C29H18ClF4N3O5S2. The molecule has 226 valence electrons. The molecule has 2 N–H and O–H groups in total. The molecule has 2 unspecified atom stereocenters. The lowest BCUT2D eigenvalue weighted by Gasteiger charge is -2.31. The molecule has 0 spiro atoms. The normalized spacial score (nSPS) is 19.5. The Morgan fingerprint density at radius 3 is 2.48 bits per heavy atom. The number of nitrogens with one attached hydrogen (secondary N) is 2. The number of imide groups is 1. The quantitative estimate of drug-likeness (QED) is 0.192. The van der Waals surface area contributed by atoms with Gasteiger partial charge in [-0.05, 0) is 54.6 Å². The minimum absolute atomic E-state index is 0.0977. The number of benzene rings is 3. The number of nitrogens with zero attached hydrogens (tertiary/aromatic N) is 1. The molecule has 1 fully saturated rings. The second-order valence-electron chi connectivity index (χ2n) is 9.80. The first-order chi connectivity index (χ1) is 20.9. The Kier molecular flexibility index (Phi) is 7.76. The summed E-state index contributed by atoms with van der Waals surface area (Å²) in [6.45, 7) is -0.518. The van der Waals surface area contributed by atoms with Crippen LogP contribution in [0.2, 0.25) is 5.02 Å². The number of rotatable bonds is 6. The zero-order valence-corrected chi connectivity index (χ0v) is 24.4. The fourth-order valence-electron chi connectivity index (χ4n) is 5.27. The highest BCUT2D eigenvalue weighted by Gasteiger charge is 2.57. The van der Waals surface area contributed by atoms with E-state index in [0.717, 1.165) is 41.3 Å². The molecule has 0 saturated carbocycles. The van der Waals surface area contributed by atoms with Crippen LogP contribution in [-0.2, 0) is 20.6 Å². The van der Waals surface area contributed by atoms with Gasteiger partial charge in [0.15, 0.2) is 6.61 Å². The topological polar surface area (TPSA) is 109 Å². The second-order valence-corrected chi connectivity index (χ2v) is 12.4. The van der Waals surface area contributed by atoms with Crippen molar-refractivity contribution in [2.45, 2.75) is 22.4 Å². The average Bonchev–Trinajstić information content (AvgIpc) is 3.47. The Hall–Kier alpha value is -4.14. The largest absolute Gasteiger partial charge is 0.483 e. The highest BCUT2D eigenvalue weighted by Crippen LogP contribution is 2.55. The van der Waals surface area contributed by atoms with Gasteiger partial charge in [0.25, 0.3) is 5.91 Å². The SMILES string of the molecule is O=C(COc1ccc(Cl)cc1[C@H]1c2sc(=O)[nH]c2SC2C(=O)N(c3ccccc3C(F)(F)F)C(=O)C21)Nc1ccc(F)cc1. The van der Waals surface area contributed by atoms with E-state index in [-0.39, 0.29) is 16.3 Å². The van der Waals surface area contributed by atoms with Crippen LogP contribution in [0.1, 0.15) is 21.9 Å². The summed E-state index contributed by atoms with van der Waals surface area (Å²) in [5.74, 6) is -5.01. The summed E-state index contributed by atoms with van der Waals surface area (Å²) in [6, 6.07) is 13.8. The van der Waals surface area contributed by atoms with E-state index in [1.807, 2.05) is 0 Å². The Morgan fingerprint density at radius 1 is 1.02 bits per heavy atom. The number of H-pyrrole nitrogens is 1. The van der Waals surface area contributed by atoms with Crippen LogP contribution in [0.25, 0.3) is 0 Å². The second kappa shape index (κ2) is 11.4.